The van der Waals surface area contributed by atoms with Crippen molar-refractivity contribution in [2.24, 2.45) is 0 Å². The van der Waals surface area contributed by atoms with Crippen molar-refractivity contribution < 1.29 is 4.79 Å². The van der Waals surface area contributed by atoms with Crippen molar-refractivity contribution in [3.05, 3.63) is 47.9 Å². The number of pyridine rings is 1. The summed E-state index contributed by atoms with van der Waals surface area (Å²) in [5, 5.41) is 12.9. The number of fused-ring (bicyclic) bond motifs is 1. The van der Waals surface area contributed by atoms with Gasteiger partial charge in [-0.05, 0) is 45.0 Å². The number of carbonyl (C=O) groups excluding carboxylic acids is 1. The van der Waals surface area contributed by atoms with E-state index in [2.05, 4.69) is 34.5 Å². The number of hydrogen-bond acceptors (Lipinski definition) is 5. The highest BCUT2D eigenvalue weighted by Gasteiger charge is 2.31. The van der Waals surface area contributed by atoms with Crippen LogP contribution < -0.4 is 5.32 Å². The monoisotopic (exact) mass is 350 g/mol. The zero-order valence-electron chi connectivity index (χ0n) is 15.2. The molecule has 3 heterocycles. The first kappa shape index (κ1) is 16.7. The summed E-state index contributed by atoms with van der Waals surface area (Å²) in [7, 11) is 0. The number of carbonyl (C=O) groups is 1. The van der Waals surface area contributed by atoms with E-state index in [1.54, 1.807) is 10.9 Å². The molecule has 134 valence electrons. The maximum Gasteiger partial charge on any atom is 0.276 e. The average molecular weight is 350 g/mol. The summed E-state index contributed by atoms with van der Waals surface area (Å²) < 4.78 is 1.73. The van der Waals surface area contributed by atoms with Gasteiger partial charge in [-0.1, -0.05) is 11.3 Å². The molecule has 2 unspecified atom stereocenters. The highest BCUT2D eigenvalue weighted by molar-refractivity contribution is 5.94. The lowest BCUT2D eigenvalue weighted by Crippen LogP contribution is -2.57. The van der Waals surface area contributed by atoms with Crippen molar-refractivity contribution in [3.63, 3.8) is 0 Å². The van der Waals surface area contributed by atoms with Crippen LogP contribution in [0.15, 0.2) is 36.5 Å². The number of nitrogens with zero attached hydrogens (tertiary/aromatic N) is 5. The van der Waals surface area contributed by atoms with Gasteiger partial charge in [0.1, 0.15) is 0 Å². The van der Waals surface area contributed by atoms with Gasteiger partial charge in [-0.15, -0.1) is 5.10 Å². The van der Waals surface area contributed by atoms with Crippen molar-refractivity contribution >= 4 is 16.8 Å². The fraction of sp³-hybridized carbons (Fsp3) is 0.368. The van der Waals surface area contributed by atoms with E-state index in [1.807, 2.05) is 42.2 Å². The Bertz CT molecular complexity index is 960. The van der Waals surface area contributed by atoms with Crippen LogP contribution >= 0.6 is 0 Å². The second kappa shape index (κ2) is 6.49. The summed E-state index contributed by atoms with van der Waals surface area (Å²) in [4.78, 5) is 19.3. The van der Waals surface area contributed by atoms with E-state index >= 15 is 0 Å². The molecule has 2 aromatic heterocycles. The molecule has 1 N–H and O–H groups in total. The van der Waals surface area contributed by atoms with Crippen molar-refractivity contribution in [1.82, 2.24) is 30.2 Å². The Morgan fingerprint density at radius 2 is 2.08 bits per heavy atom. The maximum atomic E-state index is 13.1. The first-order valence-corrected chi connectivity index (χ1v) is 8.88. The van der Waals surface area contributed by atoms with Crippen LogP contribution in [0.2, 0.25) is 0 Å². The van der Waals surface area contributed by atoms with Gasteiger partial charge < -0.3 is 10.2 Å². The molecule has 1 aliphatic rings. The second-order valence-electron chi connectivity index (χ2n) is 6.76. The third-order valence-corrected chi connectivity index (χ3v) is 5.24. The Hall–Kier alpha value is -2.80. The summed E-state index contributed by atoms with van der Waals surface area (Å²) in [5.74, 6) is -0.0621. The van der Waals surface area contributed by atoms with Gasteiger partial charge in [-0.2, -0.15) is 0 Å². The van der Waals surface area contributed by atoms with E-state index in [4.69, 9.17) is 0 Å². The van der Waals surface area contributed by atoms with Crippen LogP contribution in [0, 0.1) is 6.92 Å². The maximum absolute atomic E-state index is 13.1. The van der Waals surface area contributed by atoms with E-state index in [9.17, 15) is 4.79 Å². The number of rotatable bonds is 2. The molecule has 0 spiro atoms. The zero-order valence-corrected chi connectivity index (χ0v) is 15.2. The summed E-state index contributed by atoms with van der Waals surface area (Å²) >= 11 is 0. The van der Waals surface area contributed by atoms with E-state index in [0.717, 1.165) is 28.8 Å². The fourth-order valence-electron chi connectivity index (χ4n) is 3.51. The first-order chi connectivity index (χ1) is 12.6. The van der Waals surface area contributed by atoms with Gasteiger partial charge in [0.25, 0.3) is 5.91 Å². The lowest BCUT2D eigenvalue weighted by molar-refractivity contribution is 0.0596. The molecule has 0 saturated carbocycles. The molecule has 1 amide bonds. The highest BCUT2D eigenvalue weighted by Crippen LogP contribution is 2.23. The van der Waals surface area contributed by atoms with Crippen LogP contribution in [0.4, 0.5) is 0 Å². The van der Waals surface area contributed by atoms with Gasteiger partial charge in [0.2, 0.25) is 0 Å². The fourth-order valence-corrected chi connectivity index (χ4v) is 3.51. The predicted octanol–water partition coefficient (Wildman–Crippen LogP) is 1.95. The van der Waals surface area contributed by atoms with E-state index in [-0.39, 0.29) is 18.0 Å². The van der Waals surface area contributed by atoms with Gasteiger partial charge in [0.15, 0.2) is 5.69 Å². The minimum atomic E-state index is -0.0621. The lowest BCUT2D eigenvalue weighted by atomic mass is 10.1. The van der Waals surface area contributed by atoms with Gasteiger partial charge >= 0.3 is 0 Å². The summed E-state index contributed by atoms with van der Waals surface area (Å²) in [5.41, 5.74) is 2.91. The first-order valence-electron chi connectivity index (χ1n) is 8.88. The van der Waals surface area contributed by atoms with Crippen LogP contribution in [0.25, 0.3) is 16.6 Å². The second-order valence-corrected chi connectivity index (χ2v) is 6.76. The molecule has 0 bridgehead atoms. The molecule has 1 saturated heterocycles. The van der Waals surface area contributed by atoms with Gasteiger partial charge in [0.05, 0.1) is 16.9 Å². The zero-order chi connectivity index (χ0) is 18.3. The SMILES string of the molecule is Cc1c(C(=O)N2CCNC(C)C2C)nnn1-c1cccc2ncccc12. The van der Waals surface area contributed by atoms with Gasteiger partial charge in [0, 0.05) is 36.8 Å². The summed E-state index contributed by atoms with van der Waals surface area (Å²) in [6.45, 7) is 7.51. The number of benzene rings is 1. The van der Waals surface area contributed by atoms with E-state index < -0.39 is 0 Å². The summed E-state index contributed by atoms with van der Waals surface area (Å²) in [6.07, 6.45) is 1.77. The third kappa shape index (κ3) is 2.64. The molecular formula is C19H22N6O. The van der Waals surface area contributed by atoms with Gasteiger partial charge in [-0.3, -0.25) is 9.78 Å². The normalized spacial score (nSPS) is 20.5. The molecule has 0 aliphatic carbocycles. The standard InChI is InChI=1S/C19H22N6O/c1-12-13(2)24(11-10-20-12)19(26)18-14(3)25(23-22-18)17-8-4-7-16-15(17)6-5-9-21-16/h4-9,12-13,20H,10-11H2,1-3H3. The third-order valence-electron chi connectivity index (χ3n) is 5.24. The van der Waals surface area contributed by atoms with Crippen LogP contribution in [-0.2, 0) is 0 Å². The number of aromatic nitrogens is 4. The number of nitrogens with one attached hydrogen (secondary N) is 1. The number of piperazine rings is 1. The Kier molecular flexibility index (Phi) is 4.16. The molecule has 0 radical (unpaired) electrons. The summed E-state index contributed by atoms with van der Waals surface area (Å²) in [6, 6.07) is 10.1. The Morgan fingerprint density at radius 1 is 1.23 bits per heavy atom. The molecule has 7 nitrogen and oxygen atoms in total. The number of amides is 1. The van der Waals surface area contributed by atoms with Crippen molar-refractivity contribution in [3.8, 4) is 5.69 Å². The minimum Gasteiger partial charge on any atom is -0.332 e. The molecular weight excluding hydrogens is 328 g/mol. The van der Waals surface area contributed by atoms with Crippen LogP contribution in [0.5, 0.6) is 0 Å². The smallest absolute Gasteiger partial charge is 0.276 e. The minimum absolute atomic E-state index is 0.0621. The molecule has 1 aromatic carbocycles. The van der Waals surface area contributed by atoms with Crippen LogP contribution in [0.3, 0.4) is 0 Å². The van der Waals surface area contributed by atoms with E-state index in [1.165, 1.54) is 0 Å². The Labute approximate surface area is 152 Å². The number of hydrogen-bond donors (Lipinski definition) is 1. The Balaban J connectivity index is 1.73. The largest absolute Gasteiger partial charge is 0.332 e. The van der Waals surface area contributed by atoms with Crippen molar-refractivity contribution in [1.29, 1.82) is 0 Å². The predicted molar refractivity (Wildman–Crippen MR) is 99.4 cm³/mol. The molecule has 1 fully saturated rings. The van der Waals surface area contributed by atoms with Crippen LogP contribution in [0.1, 0.15) is 30.0 Å². The molecule has 2 atom stereocenters. The topological polar surface area (TPSA) is 75.9 Å². The highest BCUT2D eigenvalue weighted by atomic mass is 16.2. The molecule has 1 aliphatic heterocycles. The molecule has 4 rings (SSSR count). The van der Waals surface area contributed by atoms with Crippen molar-refractivity contribution in [2.75, 3.05) is 13.1 Å². The van der Waals surface area contributed by atoms with Crippen molar-refractivity contribution in [2.45, 2.75) is 32.9 Å². The molecule has 26 heavy (non-hydrogen) atoms. The van der Waals surface area contributed by atoms with E-state index in [0.29, 0.717) is 12.2 Å². The lowest BCUT2D eigenvalue weighted by Gasteiger charge is -2.38. The molecule has 3 aromatic rings. The quantitative estimate of drug-likeness (QED) is 0.764. The average Bonchev–Trinajstić information content (AvgIpc) is 3.04. The van der Waals surface area contributed by atoms with Crippen LogP contribution in [-0.4, -0.2) is 56.0 Å². The van der Waals surface area contributed by atoms with Gasteiger partial charge in [-0.25, -0.2) is 4.68 Å². The molecule has 7 heteroatoms. The Morgan fingerprint density at radius 3 is 2.92 bits per heavy atom.